The first-order valence-electron chi connectivity index (χ1n) is 4.47. The molecular weight excluding hydrogens is 174 g/mol. The molecule has 72 valence electrons. The molecule has 0 aliphatic heterocycles. The van der Waals surface area contributed by atoms with E-state index in [-0.39, 0.29) is 0 Å². The predicted octanol–water partition coefficient (Wildman–Crippen LogP) is 2.33. The SMILES string of the molecule is C=C(C)CCNc1cc(C#N)ccn1. The molecule has 14 heavy (non-hydrogen) atoms. The highest BCUT2D eigenvalue weighted by molar-refractivity contribution is 5.42. The largest absolute Gasteiger partial charge is 0.370 e. The molecule has 1 aromatic rings. The summed E-state index contributed by atoms with van der Waals surface area (Å²) in [6, 6.07) is 5.49. The topological polar surface area (TPSA) is 48.7 Å². The van der Waals surface area contributed by atoms with Gasteiger partial charge in [0.1, 0.15) is 5.82 Å². The lowest BCUT2D eigenvalue weighted by molar-refractivity contribution is 0.991. The second kappa shape index (κ2) is 5.03. The van der Waals surface area contributed by atoms with Crippen LogP contribution < -0.4 is 5.32 Å². The van der Waals surface area contributed by atoms with Crippen LogP contribution in [0.25, 0.3) is 0 Å². The van der Waals surface area contributed by atoms with E-state index >= 15 is 0 Å². The first-order chi connectivity index (χ1) is 6.72. The van der Waals surface area contributed by atoms with E-state index in [1.54, 1.807) is 18.3 Å². The molecule has 3 nitrogen and oxygen atoms in total. The molecule has 0 unspecified atom stereocenters. The second-order valence-electron chi connectivity index (χ2n) is 3.18. The predicted molar refractivity (Wildman–Crippen MR) is 56.9 cm³/mol. The van der Waals surface area contributed by atoms with Gasteiger partial charge in [0.25, 0.3) is 0 Å². The van der Waals surface area contributed by atoms with Crippen molar-refractivity contribution < 1.29 is 0 Å². The average molecular weight is 187 g/mol. The molecule has 0 aliphatic rings. The smallest absolute Gasteiger partial charge is 0.127 e. The van der Waals surface area contributed by atoms with Crippen molar-refractivity contribution in [3.63, 3.8) is 0 Å². The van der Waals surface area contributed by atoms with Crippen molar-refractivity contribution in [3.05, 3.63) is 36.0 Å². The Morgan fingerprint density at radius 2 is 2.50 bits per heavy atom. The van der Waals surface area contributed by atoms with Gasteiger partial charge in [0, 0.05) is 12.7 Å². The molecular formula is C11H13N3. The number of pyridine rings is 1. The Morgan fingerprint density at radius 1 is 1.71 bits per heavy atom. The summed E-state index contributed by atoms with van der Waals surface area (Å²) in [5.74, 6) is 0.741. The maximum atomic E-state index is 8.66. The lowest BCUT2D eigenvalue weighted by atomic mass is 10.2. The minimum atomic E-state index is 0.623. The molecule has 0 spiro atoms. The minimum absolute atomic E-state index is 0.623. The van der Waals surface area contributed by atoms with Gasteiger partial charge in [-0.15, -0.1) is 6.58 Å². The molecule has 0 amide bonds. The van der Waals surface area contributed by atoms with Gasteiger partial charge in [-0.2, -0.15) is 5.26 Å². The van der Waals surface area contributed by atoms with Crippen molar-refractivity contribution >= 4 is 5.82 Å². The Kier molecular flexibility index (Phi) is 3.69. The van der Waals surface area contributed by atoms with Gasteiger partial charge in [-0.1, -0.05) is 5.57 Å². The Labute approximate surface area is 84.1 Å². The maximum Gasteiger partial charge on any atom is 0.127 e. The minimum Gasteiger partial charge on any atom is -0.370 e. The van der Waals surface area contributed by atoms with Crippen LogP contribution >= 0.6 is 0 Å². The van der Waals surface area contributed by atoms with E-state index < -0.39 is 0 Å². The molecule has 0 aromatic carbocycles. The van der Waals surface area contributed by atoms with E-state index in [4.69, 9.17) is 5.26 Å². The van der Waals surface area contributed by atoms with Gasteiger partial charge in [0.05, 0.1) is 11.6 Å². The first kappa shape index (κ1) is 10.3. The van der Waals surface area contributed by atoms with Gasteiger partial charge in [0.2, 0.25) is 0 Å². The summed E-state index contributed by atoms with van der Waals surface area (Å²) in [5.41, 5.74) is 1.76. The number of nitrogens with one attached hydrogen (secondary N) is 1. The van der Waals surface area contributed by atoms with Crippen LogP contribution in [0.15, 0.2) is 30.5 Å². The van der Waals surface area contributed by atoms with Crippen molar-refractivity contribution in [2.75, 3.05) is 11.9 Å². The maximum absolute atomic E-state index is 8.66. The highest BCUT2D eigenvalue weighted by atomic mass is 15.0. The molecule has 1 N–H and O–H groups in total. The molecule has 3 heteroatoms. The second-order valence-corrected chi connectivity index (χ2v) is 3.18. The summed E-state index contributed by atoms with van der Waals surface area (Å²) in [7, 11) is 0. The zero-order valence-corrected chi connectivity index (χ0v) is 8.25. The van der Waals surface area contributed by atoms with E-state index in [1.165, 1.54) is 0 Å². The quantitative estimate of drug-likeness (QED) is 0.736. The van der Waals surface area contributed by atoms with Crippen molar-refractivity contribution in [2.45, 2.75) is 13.3 Å². The molecule has 0 saturated heterocycles. The van der Waals surface area contributed by atoms with Crippen LogP contribution in [-0.4, -0.2) is 11.5 Å². The fourth-order valence-corrected chi connectivity index (χ4v) is 1.00. The summed E-state index contributed by atoms with van der Waals surface area (Å²) < 4.78 is 0. The van der Waals surface area contributed by atoms with Crippen LogP contribution in [0.4, 0.5) is 5.82 Å². The highest BCUT2D eigenvalue weighted by Crippen LogP contribution is 2.06. The monoisotopic (exact) mass is 187 g/mol. The Morgan fingerprint density at radius 3 is 3.14 bits per heavy atom. The standard InChI is InChI=1S/C11H13N3/c1-9(2)3-5-13-11-7-10(8-12)4-6-14-11/h4,6-7H,1,3,5H2,2H3,(H,13,14). The molecule has 0 saturated carbocycles. The summed E-state index contributed by atoms with van der Waals surface area (Å²) in [4.78, 5) is 4.09. The number of nitriles is 1. The number of hydrogen-bond acceptors (Lipinski definition) is 3. The van der Waals surface area contributed by atoms with Gasteiger partial charge < -0.3 is 5.32 Å². The number of nitrogens with zero attached hydrogens (tertiary/aromatic N) is 2. The summed E-state index contributed by atoms with van der Waals surface area (Å²) in [6.07, 6.45) is 2.54. The average Bonchev–Trinajstić information content (AvgIpc) is 2.18. The van der Waals surface area contributed by atoms with Crippen LogP contribution in [-0.2, 0) is 0 Å². The molecule has 1 heterocycles. The van der Waals surface area contributed by atoms with E-state index in [0.717, 1.165) is 24.4 Å². The molecule has 1 aromatic heterocycles. The van der Waals surface area contributed by atoms with E-state index in [9.17, 15) is 0 Å². The first-order valence-corrected chi connectivity index (χ1v) is 4.47. The zero-order chi connectivity index (χ0) is 10.4. The van der Waals surface area contributed by atoms with Crippen molar-refractivity contribution in [2.24, 2.45) is 0 Å². The molecule has 0 atom stereocenters. The van der Waals surface area contributed by atoms with Crippen LogP contribution in [0.5, 0.6) is 0 Å². The molecule has 0 fully saturated rings. The normalized spacial score (nSPS) is 9.14. The highest BCUT2D eigenvalue weighted by Gasteiger charge is 1.95. The summed E-state index contributed by atoms with van der Waals surface area (Å²) >= 11 is 0. The fraction of sp³-hybridized carbons (Fsp3) is 0.273. The molecule has 0 bridgehead atoms. The van der Waals surface area contributed by atoms with Gasteiger partial charge in [0.15, 0.2) is 0 Å². The van der Waals surface area contributed by atoms with Gasteiger partial charge in [-0.05, 0) is 25.5 Å². The zero-order valence-electron chi connectivity index (χ0n) is 8.25. The molecule has 1 rings (SSSR count). The van der Waals surface area contributed by atoms with Crippen molar-refractivity contribution in [1.29, 1.82) is 5.26 Å². The van der Waals surface area contributed by atoms with E-state index in [1.807, 2.05) is 6.92 Å². The fourth-order valence-electron chi connectivity index (χ4n) is 1.00. The van der Waals surface area contributed by atoms with Gasteiger partial charge in [-0.3, -0.25) is 0 Å². The number of anilines is 1. The number of rotatable bonds is 4. The van der Waals surface area contributed by atoms with Gasteiger partial charge in [-0.25, -0.2) is 4.98 Å². The lowest BCUT2D eigenvalue weighted by Gasteiger charge is -2.04. The van der Waals surface area contributed by atoms with E-state index in [2.05, 4.69) is 22.9 Å². The van der Waals surface area contributed by atoms with Crippen LogP contribution in [0.2, 0.25) is 0 Å². The van der Waals surface area contributed by atoms with Crippen molar-refractivity contribution in [1.82, 2.24) is 4.98 Å². The third kappa shape index (κ3) is 3.28. The van der Waals surface area contributed by atoms with Crippen LogP contribution in [0, 0.1) is 11.3 Å². The third-order valence-corrected chi connectivity index (χ3v) is 1.75. The third-order valence-electron chi connectivity index (χ3n) is 1.75. The number of hydrogen-bond donors (Lipinski definition) is 1. The number of aromatic nitrogens is 1. The van der Waals surface area contributed by atoms with Crippen LogP contribution in [0.1, 0.15) is 18.9 Å². The van der Waals surface area contributed by atoms with Gasteiger partial charge >= 0.3 is 0 Å². The lowest BCUT2D eigenvalue weighted by Crippen LogP contribution is -2.03. The van der Waals surface area contributed by atoms with E-state index in [0.29, 0.717) is 5.56 Å². The van der Waals surface area contributed by atoms with Crippen LogP contribution in [0.3, 0.4) is 0 Å². The Bertz CT molecular complexity index is 363. The summed E-state index contributed by atoms with van der Waals surface area (Å²) in [6.45, 7) is 6.60. The molecule has 0 radical (unpaired) electrons. The molecule has 0 aliphatic carbocycles. The Balaban J connectivity index is 2.51. The van der Waals surface area contributed by atoms with Crippen molar-refractivity contribution in [3.8, 4) is 6.07 Å². The summed E-state index contributed by atoms with van der Waals surface area (Å²) in [5, 5.41) is 11.8. The Hall–Kier alpha value is -1.82.